The number of pyridine rings is 1. The zero-order chi connectivity index (χ0) is 14.7. The molecule has 0 radical (unpaired) electrons. The van der Waals surface area contributed by atoms with E-state index in [1.54, 1.807) is 47.4 Å². The molecular formula is C14H15N5OS. The molecule has 3 aromatic heterocycles. The van der Waals surface area contributed by atoms with Crippen molar-refractivity contribution in [3.63, 3.8) is 0 Å². The van der Waals surface area contributed by atoms with Crippen LogP contribution in [0, 0.1) is 6.92 Å². The molecule has 3 heterocycles. The number of rotatable bonds is 5. The minimum Gasteiger partial charge on any atom is -0.348 e. The largest absolute Gasteiger partial charge is 0.348 e. The van der Waals surface area contributed by atoms with E-state index < -0.39 is 0 Å². The Labute approximate surface area is 125 Å². The summed E-state index contributed by atoms with van der Waals surface area (Å²) in [6.45, 7) is 2.65. The number of aromatic amines is 1. The van der Waals surface area contributed by atoms with Crippen LogP contribution >= 0.6 is 11.8 Å². The van der Waals surface area contributed by atoms with E-state index in [0.717, 1.165) is 22.9 Å². The molecule has 0 aliphatic carbocycles. The zero-order valence-corrected chi connectivity index (χ0v) is 12.4. The van der Waals surface area contributed by atoms with E-state index in [0.29, 0.717) is 17.4 Å². The number of hydrogen-bond donors (Lipinski definition) is 1. The molecule has 3 rings (SSSR count). The molecule has 0 aliphatic rings. The molecule has 0 saturated carbocycles. The normalized spacial score (nSPS) is 11.1. The third-order valence-corrected chi connectivity index (χ3v) is 4.23. The maximum Gasteiger partial charge on any atom is 0.261 e. The van der Waals surface area contributed by atoms with Crippen LogP contribution in [-0.2, 0) is 12.3 Å². The van der Waals surface area contributed by atoms with Gasteiger partial charge in [-0.25, -0.2) is 9.97 Å². The number of H-pyrrole nitrogens is 1. The summed E-state index contributed by atoms with van der Waals surface area (Å²) in [7, 11) is 0. The Kier molecular flexibility index (Phi) is 4.01. The molecule has 0 unspecified atom stereocenters. The van der Waals surface area contributed by atoms with E-state index in [1.807, 2.05) is 6.92 Å². The second kappa shape index (κ2) is 6.09. The molecular weight excluding hydrogens is 286 g/mol. The minimum absolute atomic E-state index is 0.0149. The Balaban J connectivity index is 1.64. The van der Waals surface area contributed by atoms with Crippen LogP contribution in [0.1, 0.15) is 11.4 Å². The van der Waals surface area contributed by atoms with Gasteiger partial charge in [0.25, 0.3) is 5.56 Å². The lowest BCUT2D eigenvalue weighted by Crippen LogP contribution is -2.21. The van der Waals surface area contributed by atoms with Gasteiger partial charge >= 0.3 is 0 Å². The van der Waals surface area contributed by atoms with Crippen LogP contribution in [0.15, 0.2) is 35.9 Å². The fourth-order valence-corrected chi connectivity index (χ4v) is 2.99. The highest BCUT2D eigenvalue weighted by atomic mass is 32.2. The molecule has 7 heteroatoms. The topological polar surface area (TPSA) is 76.5 Å². The summed E-state index contributed by atoms with van der Waals surface area (Å²) in [5.74, 6) is 1.68. The lowest BCUT2D eigenvalue weighted by molar-refractivity contribution is 0.724. The molecule has 1 N–H and O–H groups in total. The van der Waals surface area contributed by atoms with Crippen molar-refractivity contribution in [2.45, 2.75) is 19.2 Å². The lowest BCUT2D eigenvalue weighted by Gasteiger charge is -2.06. The van der Waals surface area contributed by atoms with Crippen LogP contribution in [0.25, 0.3) is 10.9 Å². The smallest absolute Gasteiger partial charge is 0.261 e. The van der Waals surface area contributed by atoms with Gasteiger partial charge in [-0.2, -0.15) is 11.8 Å². The van der Waals surface area contributed by atoms with E-state index in [-0.39, 0.29) is 5.56 Å². The summed E-state index contributed by atoms with van der Waals surface area (Å²) < 4.78 is 1.65. The molecule has 0 aliphatic heterocycles. The van der Waals surface area contributed by atoms with Crippen molar-refractivity contribution >= 4 is 22.7 Å². The second-order valence-electron chi connectivity index (χ2n) is 4.66. The van der Waals surface area contributed by atoms with Crippen LogP contribution in [0.2, 0.25) is 0 Å². The molecule has 0 atom stereocenters. The molecule has 6 nitrogen and oxygen atoms in total. The highest BCUT2D eigenvalue weighted by Gasteiger charge is 2.04. The van der Waals surface area contributed by atoms with Crippen LogP contribution in [0.3, 0.4) is 0 Å². The van der Waals surface area contributed by atoms with Crippen LogP contribution in [0.4, 0.5) is 0 Å². The summed E-state index contributed by atoms with van der Waals surface area (Å²) in [6.07, 6.45) is 6.52. The predicted octanol–water partition coefficient (Wildman–Crippen LogP) is 1.76. The van der Waals surface area contributed by atoms with E-state index in [2.05, 4.69) is 19.9 Å². The molecule has 0 fully saturated rings. The average molecular weight is 301 g/mol. The monoisotopic (exact) mass is 301 g/mol. The van der Waals surface area contributed by atoms with Gasteiger partial charge in [-0.05, 0) is 13.0 Å². The van der Waals surface area contributed by atoms with Crippen LogP contribution in [-0.4, -0.2) is 30.3 Å². The summed E-state index contributed by atoms with van der Waals surface area (Å²) in [6, 6.07) is 1.71. The Morgan fingerprint density at radius 2 is 2.29 bits per heavy atom. The second-order valence-corrected chi connectivity index (χ2v) is 5.77. The number of aryl methyl sites for hydroxylation is 2. The number of hydrogen-bond acceptors (Lipinski definition) is 5. The van der Waals surface area contributed by atoms with Crippen molar-refractivity contribution in [3.8, 4) is 0 Å². The highest BCUT2D eigenvalue weighted by molar-refractivity contribution is 7.98. The van der Waals surface area contributed by atoms with Gasteiger partial charge in [0.15, 0.2) is 0 Å². The molecule has 0 amide bonds. The highest BCUT2D eigenvalue weighted by Crippen LogP contribution is 2.12. The molecule has 0 aromatic carbocycles. The quantitative estimate of drug-likeness (QED) is 0.727. The number of fused-ring (bicyclic) bond motifs is 1. The number of aromatic nitrogens is 5. The number of nitrogens with one attached hydrogen (secondary N) is 1. The fourth-order valence-electron chi connectivity index (χ4n) is 2.03. The molecule has 0 spiro atoms. The standard InChI is InChI=1S/C14H15N5OS/c1-10-13(17-8-16-10)7-21-5-4-19-9-18-12-6-15-3-2-11(12)14(19)20/h2-3,6,8-9H,4-5,7H2,1H3,(H,16,17). The Morgan fingerprint density at radius 3 is 3.10 bits per heavy atom. The average Bonchev–Trinajstić information content (AvgIpc) is 2.91. The van der Waals surface area contributed by atoms with Crippen LogP contribution in [0.5, 0.6) is 0 Å². The summed E-state index contributed by atoms with van der Waals surface area (Å²) in [5, 5.41) is 0.612. The minimum atomic E-state index is -0.0149. The predicted molar refractivity (Wildman–Crippen MR) is 83.3 cm³/mol. The first-order valence-electron chi connectivity index (χ1n) is 6.61. The molecule has 21 heavy (non-hydrogen) atoms. The third-order valence-electron chi connectivity index (χ3n) is 3.28. The summed E-state index contributed by atoms with van der Waals surface area (Å²) >= 11 is 1.75. The first-order chi connectivity index (χ1) is 10.3. The first-order valence-corrected chi connectivity index (χ1v) is 7.77. The fraction of sp³-hybridized carbons (Fsp3) is 0.286. The zero-order valence-electron chi connectivity index (χ0n) is 11.6. The van der Waals surface area contributed by atoms with Gasteiger partial charge in [-0.3, -0.25) is 14.3 Å². The van der Waals surface area contributed by atoms with Crippen molar-refractivity contribution in [3.05, 3.63) is 52.9 Å². The van der Waals surface area contributed by atoms with E-state index in [1.165, 1.54) is 0 Å². The van der Waals surface area contributed by atoms with Gasteiger partial charge in [0, 0.05) is 29.9 Å². The Morgan fingerprint density at radius 1 is 1.38 bits per heavy atom. The molecule has 3 aromatic rings. The Bertz CT molecular complexity index is 810. The third kappa shape index (κ3) is 2.97. The molecule has 0 bridgehead atoms. The van der Waals surface area contributed by atoms with Gasteiger partial charge in [-0.1, -0.05) is 0 Å². The Hall–Kier alpha value is -2.15. The summed E-state index contributed by atoms with van der Waals surface area (Å²) in [5.41, 5.74) is 2.78. The SMILES string of the molecule is Cc1[nH]cnc1CSCCn1cnc2cnccc2c1=O. The summed E-state index contributed by atoms with van der Waals surface area (Å²) in [4.78, 5) is 27.8. The molecule has 0 saturated heterocycles. The maximum atomic E-state index is 12.3. The van der Waals surface area contributed by atoms with Gasteiger partial charge in [0.1, 0.15) is 0 Å². The number of imidazole rings is 1. The molecule has 108 valence electrons. The van der Waals surface area contributed by atoms with Gasteiger partial charge in [0.05, 0.1) is 35.4 Å². The first kappa shape index (κ1) is 13.8. The van der Waals surface area contributed by atoms with Gasteiger partial charge < -0.3 is 4.98 Å². The van der Waals surface area contributed by atoms with E-state index in [9.17, 15) is 4.79 Å². The van der Waals surface area contributed by atoms with Gasteiger partial charge in [-0.15, -0.1) is 0 Å². The van der Waals surface area contributed by atoms with Crippen molar-refractivity contribution < 1.29 is 0 Å². The van der Waals surface area contributed by atoms with Crippen LogP contribution < -0.4 is 5.56 Å². The number of thioether (sulfide) groups is 1. The van der Waals surface area contributed by atoms with Crippen molar-refractivity contribution in [2.24, 2.45) is 0 Å². The van der Waals surface area contributed by atoms with Crippen molar-refractivity contribution in [2.75, 3.05) is 5.75 Å². The van der Waals surface area contributed by atoms with Crippen molar-refractivity contribution in [1.82, 2.24) is 24.5 Å². The van der Waals surface area contributed by atoms with E-state index in [4.69, 9.17) is 0 Å². The van der Waals surface area contributed by atoms with Gasteiger partial charge in [0.2, 0.25) is 0 Å². The van der Waals surface area contributed by atoms with E-state index >= 15 is 0 Å². The maximum absolute atomic E-state index is 12.3. The number of nitrogens with zero attached hydrogens (tertiary/aromatic N) is 4. The van der Waals surface area contributed by atoms with Crippen molar-refractivity contribution in [1.29, 1.82) is 0 Å². The lowest BCUT2D eigenvalue weighted by atomic mass is 10.3.